The van der Waals surface area contributed by atoms with Gasteiger partial charge in [0.1, 0.15) is 5.82 Å². The Balaban J connectivity index is 1.89. The summed E-state index contributed by atoms with van der Waals surface area (Å²) in [5.74, 6) is 1.20. The number of carbonyl (C=O) groups is 1. The summed E-state index contributed by atoms with van der Waals surface area (Å²) in [4.78, 5) is 16.7. The van der Waals surface area contributed by atoms with Crippen LogP contribution in [-0.4, -0.2) is 28.5 Å². The Morgan fingerprint density at radius 1 is 1.50 bits per heavy atom. The highest BCUT2D eigenvalue weighted by Gasteiger charge is 2.24. The highest BCUT2D eigenvalue weighted by molar-refractivity contribution is 5.84. The molecule has 0 saturated carbocycles. The van der Waals surface area contributed by atoms with Crippen molar-refractivity contribution < 1.29 is 9.53 Å². The molecule has 2 heterocycles. The molecule has 4 nitrogen and oxygen atoms in total. The highest BCUT2D eigenvalue weighted by atomic mass is 16.5. The van der Waals surface area contributed by atoms with E-state index in [-0.39, 0.29) is 11.7 Å². The van der Waals surface area contributed by atoms with Crippen LogP contribution in [-0.2, 0) is 16.1 Å². The summed E-state index contributed by atoms with van der Waals surface area (Å²) >= 11 is 0. The van der Waals surface area contributed by atoms with Crippen molar-refractivity contribution in [2.75, 3.05) is 13.2 Å². The maximum Gasteiger partial charge on any atom is 0.158 e. The number of hydrogen-bond acceptors (Lipinski definition) is 3. The van der Waals surface area contributed by atoms with E-state index in [0.29, 0.717) is 19.8 Å². The van der Waals surface area contributed by atoms with Crippen LogP contribution in [0.15, 0.2) is 24.3 Å². The zero-order chi connectivity index (χ0) is 12.5. The molecular formula is C14H16N2O2. The summed E-state index contributed by atoms with van der Waals surface area (Å²) in [7, 11) is 0. The summed E-state index contributed by atoms with van der Waals surface area (Å²) in [6, 6.07) is 7.92. The fourth-order valence-corrected chi connectivity index (χ4v) is 2.47. The lowest BCUT2D eigenvalue weighted by Crippen LogP contribution is -2.20. The Hall–Kier alpha value is -1.68. The van der Waals surface area contributed by atoms with Crippen LogP contribution in [0.2, 0.25) is 0 Å². The minimum Gasteiger partial charge on any atom is -0.381 e. The van der Waals surface area contributed by atoms with Gasteiger partial charge in [-0.05, 0) is 25.5 Å². The fourth-order valence-electron chi connectivity index (χ4n) is 2.47. The zero-order valence-corrected chi connectivity index (χ0v) is 10.4. The average Bonchev–Trinajstić information content (AvgIpc) is 2.98. The van der Waals surface area contributed by atoms with Crippen LogP contribution in [0.3, 0.4) is 0 Å². The van der Waals surface area contributed by atoms with E-state index in [2.05, 4.69) is 4.98 Å². The van der Waals surface area contributed by atoms with Gasteiger partial charge in [-0.3, -0.25) is 4.79 Å². The van der Waals surface area contributed by atoms with Crippen molar-refractivity contribution in [2.24, 2.45) is 5.92 Å². The molecule has 1 aromatic heterocycles. The lowest BCUT2D eigenvalue weighted by molar-refractivity contribution is -0.123. The Morgan fingerprint density at radius 2 is 2.33 bits per heavy atom. The van der Waals surface area contributed by atoms with Gasteiger partial charge in [-0.25, -0.2) is 4.98 Å². The number of rotatable bonds is 3. The molecule has 2 aromatic rings. The van der Waals surface area contributed by atoms with Crippen LogP contribution in [0, 0.1) is 12.8 Å². The van der Waals surface area contributed by atoms with Gasteiger partial charge >= 0.3 is 0 Å². The predicted molar refractivity (Wildman–Crippen MR) is 68.4 cm³/mol. The molecule has 0 spiro atoms. The van der Waals surface area contributed by atoms with Crippen molar-refractivity contribution in [3.8, 4) is 0 Å². The van der Waals surface area contributed by atoms with Crippen LogP contribution in [0.4, 0.5) is 0 Å². The first-order valence-electron chi connectivity index (χ1n) is 6.28. The number of ether oxygens (including phenoxy) is 1. The van der Waals surface area contributed by atoms with Gasteiger partial charge in [0.05, 0.1) is 24.2 Å². The molecule has 0 radical (unpaired) electrons. The molecule has 1 aliphatic rings. The summed E-state index contributed by atoms with van der Waals surface area (Å²) in [6.07, 6.45) is 0.852. The van der Waals surface area contributed by atoms with Crippen molar-refractivity contribution in [3.05, 3.63) is 30.1 Å². The predicted octanol–water partition coefficient (Wildman–Crippen LogP) is 1.95. The number of hydrogen-bond donors (Lipinski definition) is 0. The number of benzene rings is 1. The maximum absolute atomic E-state index is 12.2. The van der Waals surface area contributed by atoms with Crippen LogP contribution >= 0.6 is 0 Å². The van der Waals surface area contributed by atoms with E-state index in [4.69, 9.17) is 4.74 Å². The van der Waals surface area contributed by atoms with E-state index in [0.717, 1.165) is 23.3 Å². The second-order valence-corrected chi connectivity index (χ2v) is 4.76. The summed E-state index contributed by atoms with van der Waals surface area (Å²) < 4.78 is 7.27. The number of nitrogens with zero attached hydrogens (tertiary/aromatic N) is 2. The molecule has 3 rings (SSSR count). The maximum atomic E-state index is 12.2. The van der Waals surface area contributed by atoms with E-state index >= 15 is 0 Å². The second-order valence-electron chi connectivity index (χ2n) is 4.76. The molecule has 1 aromatic carbocycles. The van der Waals surface area contributed by atoms with E-state index in [1.54, 1.807) is 0 Å². The molecule has 0 N–H and O–H groups in total. The Morgan fingerprint density at radius 3 is 3.11 bits per heavy atom. The van der Waals surface area contributed by atoms with Gasteiger partial charge in [0.2, 0.25) is 0 Å². The first-order valence-corrected chi connectivity index (χ1v) is 6.28. The number of para-hydroxylation sites is 2. The van der Waals surface area contributed by atoms with Gasteiger partial charge in [-0.15, -0.1) is 0 Å². The molecule has 1 atom stereocenters. The lowest BCUT2D eigenvalue weighted by atomic mass is 10.0. The van der Waals surface area contributed by atoms with E-state index < -0.39 is 0 Å². The van der Waals surface area contributed by atoms with Gasteiger partial charge < -0.3 is 9.30 Å². The quantitative estimate of drug-likeness (QED) is 0.829. The van der Waals surface area contributed by atoms with E-state index in [1.165, 1.54) is 0 Å². The molecule has 0 bridgehead atoms. The molecule has 1 unspecified atom stereocenters. The molecule has 0 aliphatic carbocycles. The number of aryl methyl sites for hydroxylation is 1. The van der Waals surface area contributed by atoms with E-state index in [1.807, 2.05) is 35.8 Å². The van der Waals surface area contributed by atoms with Crippen molar-refractivity contribution in [1.82, 2.24) is 9.55 Å². The first-order chi connectivity index (χ1) is 8.75. The van der Waals surface area contributed by atoms with E-state index in [9.17, 15) is 4.79 Å². The normalized spacial score (nSPS) is 19.5. The number of Topliss-reactive ketones (excluding diaryl/α,β-unsaturated/α-hetero) is 1. The van der Waals surface area contributed by atoms with Crippen molar-refractivity contribution in [3.63, 3.8) is 0 Å². The molecular weight excluding hydrogens is 228 g/mol. The zero-order valence-electron chi connectivity index (χ0n) is 10.4. The van der Waals surface area contributed by atoms with Gasteiger partial charge in [0.15, 0.2) is 5.78 Å². The van der Waals surface area contributed by atoms with Crippen molar-refractivity contribution in [1.29, 1.82) is 0 Å². The molecule has 1 fully saturated rings. The minimum absolute atomic E-state index is 0.0607. The third-order valence-corrected chi connectivity index (χ3v) is 3.54. The summed E-state index contributed by atoms with van der Waals surface area (Å²) in [5.41, 5.74) is 1.98. The largest absolute Gasteiger partial charge is 0.381 e. The van der Waals surface area contributed by atoms with Crippen LogP contribution < -0.4 is 0 Å². The number of imidazole rings is 1. The molecule has 18 heavy (non-hydrogen) atoms. The SMILES string of the molecule is Cc1nc2ccccc2n1CC(=O)C1CCOC1. The molecule has 1 saturated heterocycles. The van der Waals surface area contributed by atoms with Crippen LogP contribution in [0.25, 0.3) is 11.0 Å². The van der Waals surface area contributed by atoms with Crippen LogP contribution in [0.1, 0.15) is 12.2 Å². The standard InChI is InChI=1S/C14H16N2O2/c1-10-15-12-4-2-3-5-13(12)16(10)8-14(17)11-6-7-18-9-11/h2-5,11H,6-9H2,1H3. The molecule has 94 valence electrons. The second kappa shape index (κ2) is 4.53. The Labute approximate surface area is 106 Å². The Kier molecular flexibility index (Phi) is 2.88. The van der Waals surface area contributed by atoms with Gasteiger partial charge in [-0.1, -0.05) is 12.1 Å². The van der Waals surface area contributed by atoms with Crippen LogP contribution in [0.5, 0.6) is 0 Å². The number of ketones is 1. The average molecular weight is 244 g/mol. The monoisotopic (exact) mass is 244 g/mol. The fraction of sp³-hybridized carbons (Fsp3) is 0.429. The number of fused-ring (bicyclic) bond motifs is 1. The molecule has 0 amide bonds. The smallest absolute Gasteiger partial charge is 0.158 e. The molecule has 1 aliphatic heterocycles. The highest BCUT2D eigenvalue weighted by Crippen LogP contribution is 2.19. The van der Waals surface area contributed by atoms with Gasteiger partial charge in [-0.2, -0.15) is 0 Å². The lowest BCUT2D eigenvalue weighted by Gasteiger charge is -2.09. The van der Waals surface area contributed by atoms with Crippen molar-refractivity contribution in [2.45, 2.75) is 19.9 Å². The van der Waals surface area contributed by atoms with Gasteiger partial charge in [0.25, 0.3) is 0 Å². The minimum atomic E-state index is 0.0607. The van der Waals surface area contributed by atoms with Crippen molar-refractivity contribution >= 4 is 16.8 Å². The third-order valence-electron chi connectivity index (χ3n) is 3.54. The first kappa shape index (κ1) is 11.4. The topological polar surface area (TPSA) is 44.1 Å². The molecule has 4 heteroatoms. The number of aromatic nitrogens is 2. The Bertz CT molecular complexity index is 582. The van der Waals surface area contributed by atoms with Gasteiger partial charge in [0, 0.05) is 12.5 Å². The summed E-state index contributed by atoms with van der Waals surface area (Å²) in [5, 5.41) is 0. The summed E-state index contributed by atoms with van der Waals surface area (Å²) in [6.45, 7) is 3.63. The number of carbonyl (C=O) groups excluding carboxylic acids is 1. The third kappa shape index (κ3) is 1.93.